The summed E-state index contributed by atoms with van der Waals surface area (Å²) in [5.74, 6) is -0.526. The maximum atomic E-state index is 13.0. The van der Waals surface area contributed by atoms with E-state index in [0.29, 0.717) is 31.7 Å². The second kappa shape index (κ2) is 11.0. The Labute approximate surface area is 205 Å². The highest BCUT2D eigenvalue weighted by molar-refractivity contribution is 5.95. The van der Waals surface area contributed by atoms with Gasteiger partial charge < -0.3 is 15.1 Å². The van der Waals surface area contributed by atoms with Gasteiger partial charge in [0.25, 0.3) is 5.56 Å². The highest BCUT2D eigenvalue weighted by Gasteiger charge is 2.31. The van der Waals surface area contributed by atoms with E-state index in [1.54, 1.807) is 19.3 Å². The van der Waals surface area contributed by atoms with Gasteiger partial charge in [0.2, 0.25) is 11.8 Å². The molecule has 1 atom stereocenters. The third kappa shape index (κ3) is 5.95. The van der Waals surface area contributed by atoms with E-state index in [0.717, 1.165) is 23.2 Å². The standard InChI is InChI=1S/C27H31N5O3/c1-3-21-11-7-8-12-24(21)29-25(33)19-30(2)27(35)22-13-14-31(18-22)23-15-26(34)32(28-16-23)17-20-9-5-4-6-10-20/h4-12,15-16,22H,3,13-14,17-19H2,1-2H3,(H,29,33). The molecule has 2 aromatic carbocycles. The van der Waals surface area contributed by atoms with Gasteiger partial charge in [-0.3, -0.25) is 14.4 Å². The Kier molecular flexibility index (Phi) is 7.60. The van der Waals surface area contributed by atoms with Gasteiger partial charge in [0.1, 0.15) is 0 Å². The van der Waals surface area contributed by atoms with Crippen molar-refractivity contribution >= 4 is 23.2 Å². The summed E-state index contributed by atoms with van der Waals surface area (Å²) in [6.45, 7) is 3.59. The molecule has 0 spiro atoms. The van der Waals surface area contributed by atoms with Crippen molar-refractivity contribution in [2.45, 2.75) is 26.3 Å². The van der Waals surface area contributed by atoms with E-state index in [9.17, 15) is 14.4 Å². The fourth-order valence-corrected chi connectivity index (χ4v) is 4.41. The molecule has 182 valence electrons. The van der Waals surface area contributed by atoms with Crippen molar-refractivity contribution in [3.05, 3.63) is 88.3 Å². The number of carbonyl (C=O) groups excluding carboxylic acids is 2. The number of nitrogens with zero attached hydrogens (tertiary/aromatic N) is 4. The molecule has 0 aliphatic carbocycles. The predicted molar refractivity (Wildman–Crippen MR) is 136 cm³/mol. The first-order chi connectivity index (χ1) is 16.9. The van der Waals surface area contributed by atoms with Gasteiger partial charge in [-0.05, 0) is 30.0 Å². The van der Waals surface area contributed by atoms with Crippen LogP contribution < -0.4 is 15.8 Å². The van der Waals surface area contributed by atoms with Gasteiger partial charge in [-0.15, -0.1) is 0 Å². The van der Waals surface area contributed by atoms with Gasteiger partial charge in [0.05, 0.1) is 30.9 Å². The molecule has 1 aliphatic heterocycles. The number of rotatable bonds is 8. The van der Waals surface area contributed by atoms with E-state index in [1.165, 1.54) is 9.58 Å². The van der Waals surface area contributed by atoms with Crippen molar-refractivity contribution in [1.82, 2.24) is 14.7 Å². The summed E-state index contributed by atoms with van der Waals surface area (Å²) >= 11 is 0. The molecule has 8 nitrogen and oxygen atoms in total. The molecule has 1 aliphatic rings. The van der Waals surface area contributed by atoms with Crippen LogP contribution in [0.5, 0.6) is 0 Å². The number of amides is 2. The van der Waals surface area contributed by atoms with E-state index in [2.05, 4.69) is 10.4 Å². The highest BCUT2D eigenvalue weighted by atomic mass is 16.2. The molecule has 1 N–H and O–H groups in total. The van der Waals surface area contributed by atoms with Crippen molar-refractivity contribution < 1.29 is 9.59 Å². The number of benzene rings is 2. The lowest BCUT2D eigenvalue weighted by molar-refractivity contribution is -0.136. The van der Waals surface area contributed by atoms with Gasteiger partial charge in [-0.1, -0.05) is 55.5 Å². The molecule has 0 saturated carbocycles. The lowest BCUT2D eigenvalue weighted by atomic mass is 10.1. The van der Waals surface area contributed by atoms with Crippen molar-refractivity contribution in [3.8, 4) is 0 Å². The summed E-state index contributed by atoms with van der Waals surface area (Å²) in [5.41, 5.74) is 3.38. The Morgan fingerprint density at radius 3 is 2.60 bits per heavy atom. The molecule has 35 heavy (non-hydrogen) atoms. The SMILES string of the molecule is CCc1ccccc1NC(=O)CN(C)C(=O)C1CCN(c2cnn(Cc3ccccc3)c(=O)c2)C1. The zero-order valence-corrected chi connectivity index (χ0v) is 20.2. The molecule has 8 heteroatoms. The fourth-order valence-electron chi connectivity index (χ4n) is 4.41. The number of aromatic nitrogens is 2. The number of hydrogen-bond acceptors (Lipinski definition) is 5. The van der Waals surface area contributed by atoms with Gasteiger partial charge in [-0.25, -0.2) is 4.68 Å². The lowest BCUT2D eigenvalue weighted by Crippen LogP contribution is -2.39. The van der Waals surface area contributed by atoms with Crippen molar-refractivity contribution in [2.75, 3.05) is 36.9 Å². The van der Waals surface area contributed by atoms with Crippen molar-refractivity contribution in [2.24, 2.45) is 5.92 Å². The molecule has 1 fully saturated rings. The number of aryl methyl sites for hydroxylation is 1. The first kappa shape index (κ1) is 24.2. The monoisotopic (exact) mass is 473 g/mol. The van der Waals surface area contributed by atoms with Crippen LogP contribution >= 0.6 is 0 Å². The molecular weight excluding hydrogens is 442 g/mol. The van der Waals surface area contributed by atoms with Crippen LogP contribution in [0.1, 0.15) is 24.5 Å². The minimum Gasteiger partial charge on any atom is -0.369 e. The minimum absolute atomic E-state index is 0.00946. The third-order valence-corrected chi connectivity index (χ3v) is 6.36. The number of nitrogens with one attached hydrogen (secondary N) is 1. The Bertz CT molecular complexity index is 1240. The molecular formula is C27H31N5O3. The Hall–Kier alpha value is -3.94. The zero-order chi connectivity index (χ0) is 24.8. The Morgan fingerprint density at radius 1 is 1.11 bits per heavy atom. The number of hydrogen-bond donors (Lipinski definition) is 1. The van der Waals surface area contributed by atoms with Crippen LogP contribution in [-0.4, -0.2) is 53.2 Å². The van der Waals surface area contributed by atoms with Gasteiger partial charge in [0, 0.05) is 31.9 Å². The van der Waals surface area contributed by atoms with E-state index < -0.39 is 0 Å². The van der Waals surface area contributed by atoms with Gasteiger partial charge in [0.15, 0.2) is 0 Å². The molecule has 2 heterocycles. The van der Waals surface area contributed by atoms with Crippen LogP contribution in [0.4, 0.5) is 11.4 Å². The van der Waals surface area contributed by atoms with Gasteiger partial charge in [-0.2, -0.15) is 5.10 Å². The summed E-state index contributed by atoms with van der Waals surface area (Å²) in [7, 11) is 1.66. The van der Waals surface area contributed by atoms with E-state index >= 15 is 0 Å². The molecule has 1 saturated heterocycles. The maximum Gasteiger partial charge on any atom is 0.269 e. The topological polar surface area (TPSA) is 87.5 Å². The number of likely N-dealkylation sites (N-methyl/N-ethyl adjacent to an activating group) is 1. The second-order valence-electron chi connectivity index (χ2n) is 8.88. The zero-order valence-electron chi connectivity index (χ0n) is 20.2. The lowest BCUT2D eigenvalue weighted by Gasteiger charge is -2.22. The number of para-hydroxylation sites is 1. The summed E-state index contributed by atoms with van der Waals surface area (Å²) < 4.78 is 1.43. The summed E-state index contributed by atoms with van der Waals surface area (Å²) in [4.78, 5) is 41.6. The average molecular weight is 474 g/mol. The molecule has 0 radical (unpaired) electrons. The molecule has 2 amide bonds. The Morgan fingerprint density at radius 2 is 1.86 bits per heavy atom. The van der Waals surface area contributed by atoms with E-state index in [-0.39, 0.29) is 29.8 Å². The van der Waals surface area contributed by atoms with Crippen LogP contribution in [0.3, 0.4) is 0 Å². The first-order valence-electron chi connectivity index (χ1n) is 11.9. The summed E-state index contributed by atoms with van der Waals surface area (Å²) in [5, 5.41) is 7.24. The van der Waals surface area contributed by atoms with E-state index in [1.807, 2.05) is 66.4 Å². The van der Waals surface area contributed by atoms with Crippen LogP contribution in [0.15, 0.2) is 71.7 Å². The highest BCUT2D eigenvalue weighted by Crippen LogP contribution is 2.23. The molecule has 3 aromatic rings. The van der Waals surface area contributed by atoms with Crippen molar-refractivity contribution in [1.29, 1.82) is 0 Å². The third-order valence-electron chi connectivity index (χ3n) is 6.36. The van der Waals surface area contributed by atoms with Crippen molar-refractivity contribution in [3.63, 3.8) is 0 Å². The molecule has 0 bridgehead atoms. The van der Waals surface area contributed by atoms with Gasteiger partial charge >= 0.3 is 0 Å². The summed E-state index contributed by atoms with van der Waals surface area (Å²) in [6.07, 6.45) is 3.16. The summed E-state index contributed by atoms with van der Waals surface area (Å²) in [6, 6.07) is 19.0. The largest absolute Gasteiger partial charge is 0.369 e. The smallest absolute Gasteiger partial charge is 0.269 e. The number of carbonyl (C=O) groups is 2. The normalized spacial score (nSPS) is 15.1. The fraction of sp³-hybridized carbons (Fsp3) is 0.333. The van der Waals surface area contributed by atoms with Crippen LogP contribution in [0.25, 0.3) is 0 Å². The van der Waals surface area contributed by atoms with Crippen LogP contribution in [-0.2, 0) is 22.6 Å². The number of anilines is 2. The molecule has 1 unspecified atom stereocenters. The Balaban J connectivity index is 1.33. The van der Waals surface area contributed by atoms with Crippen LogP contribution in [0.2, 0.25) is 0 Å². The quantitative estimate of drug-likeness (QED) is 0.544. The average Bonchev–Trinajstić information content (AvgIpc) is 3.36. The molecule has 4 rings (SSSR count). The maximum absolute atomic E-state index is 13.0. The molecule has 1 aromatic heterocycles. The predicted octanol–water partition coefficient (Wildman–Crippen LogP) is 2.78. The second-order valence-corrected chi connectivity index (χ2v) is 8.88. The van der Waals surface area contributed by atoms with Crippen LogP contribution in [0, 0.1) is 5.92 Å². The van der Waals surface area contributed by atoms with E-state index in [4.69, 9.17) is 0 Å². The minimum atomic E-state index is -0.234. The first-order valence-corrected chi connectivity index (χ1v) is 11.9.